The molecule has 2 saturated heterocycles. The fourth-order valence-corrected chi connectivity index (χ4v) is 17.5. The zero-order valence-corrected chi connectivity index (χ0v) is 27.6. The van der Waals surface area contributed by atoms with Gasteiger partial charge in [-0.3, -0.25) is 9.36 Å². The Balaban J connectivity index is 1.49. The molecular weight excluding hydrogens is 571 g/mol. The first-order chi connectivity index (χ1) is 19.9. The van der Waals surface area contributed by atoms with Crippen LogP contribution in [0.5, 0.6) is 0 Å². The number of carbonyl (C=O) groups excluding carboxylic acids is 1. The highest BCUT2D eigenvalue weighted by Gasteiger charge is 2.61. The van der Waals surface area contributed by atoms with Gasteiger partial charge in [0.2, 0.25) is 0 Å². The molecule has 3 aromatic rings. The molecule has 0 bridgehead atoms. The third-order valence-electron chi connectivity index (χ3n) is 8.54. The minimum Gasteiger partial charge on any atom is -0.414 e. The number of carbonyl (C=O) groups is 1. The second kappa shape index (κ2) is 11.9. The number of nitrogens with zero attached hydrogens (tertiary/aromatic N) is 4. The Morgan fingerprint density at radius 2 is 1.60 bits per heavy atom. The fraction of sp³-hybridized carbons (Fsp3) is 0.586. The molecule has 13 heteroatoms. The van der Waals surface area contributed by atoms with Gasteiger partial charge in [0.25, 0.3) is 5.91 Å². The fourth-order valence-electron chi connectivity index (χ4n) is 6.27. The molecule has 2 fully saturated rings. The summed E-state index contributed by atoms with van der Waals surface area (Å²) in [4.78, 5) is 26.0. The van der Waals surface area contributed by atoms with Crippen molar-refractivity contribution < 1.29 is 27.6 Å². The molecule has 2 aliphatic rings. The molecule has 2 aliphatic heterocycles. The predicted octanol–water partition coefficient (Wildman–Crippen LogP) is 5.29. The first-order valence-corrected chi connectivity index (χ1v) is 18.7. The van der Waals surface area contributed by atoms with E-state index in [1.54, 1.807) is 35.2 Å². The van der Waals surface area contributed by atoms with E-state index in [2.05, 4.69) is 75.7 Å². The van der Waals surface area contributed by atoms with E-state index in [9.17, 15) is 9.90 Å². The summed E-state index contributed by atoms with van der Waals surface area (Å²) < 4.78 is 29.3. The highest BCUT2D eigenvalue weighted by atomic mass is 28.5. The molecule has 2 unspecified atom stereocenters. The van der Waals surface area contributed by atoms with Gasteiger partial charge in [0.15, 0.2) is 23.2 Å². The number of ether oxygens (including phenoxy) is 1. The number of aliphatic hydroxyl groups is 1. The molecule has 0 saturated carbocycles. The molecule has 228 valence electrons. The Kier molecular flexibility index (Phi) is 8.74. The third-order valence-corrected chi connectivity index (χ3v) is 18.8. The van der Waals surface area contributed by atoms with Crippen molar-refractivity contribution in [3.05, 3.63) is 48.5 Å². The van der Waals surface area contributed by atoms with Gasteiger partial charge in [-0.25, -0.2) is 15.0 Å². The van der Waals surface area contributed by atoms with E-state index in [0.29, 0.717) is 16.7 Å². The van der Waals surface area contributed by atoms with Crippen LogP contribution in [0.1, 0.15) is 72.0 Å². The van der Waals surface area contributed by atoms with Crippen molar-refractivity contribution in [2.24, 2.45) is 0 Å². The number of amides is 1. The Morgan fingerprint density at radius 3 is 2.21 bits per heavy atom. The number of nitrogens with one attached hydrogen (secondary N) is 1. The summed E-state index contributed by atoms with van der Waals surface area (Å²) in [5, 5.41) is 14.6. The summed E-state index contributed by atoms with van der Waals surface area (Å²) in [7, 11) is -5.69. The van der Waals surface area contributed by atoms with Crippen molar-refractivity contribution in [2.75, 3.05) is 11.9 Å². The minimum atomic E-state index is -2.94. The Hall–Kier alpha value is -2.53. The maximum absolute atomic E-state index is 12.8. The zero-order valence-electron chi connectivity index (χ0n) is 25.6. The van der Waals surface area contributed by atoms with Gasteiger partial charge in [0, 0.05) is 5.56 Å². The highest BCUT2D eigenvalue weighted by Crippen LogP contribution is 2.48. The van der Waals surface area contributed by atoms with E-state index < -0.39 is 41.7 Å². The van der Waals surface area contributed by atoms with Crippen molar-refractivity contribution in [3.8, 4) is 0 Å². The predicted molar refractivity (Wildman–Crippen MR) is 163 cm³/mol. The number of rotatable bonds is 7. The lowest BCUT2D eigenvalue weighted by molar-refractivity contribution is -0.0570. The van der Waals surface area contributed by atoms with Crippen molar-refractivity contribution in [3.63, 3.8) is 0 Å². The molecule has 1 aromatic carbocycles. The Morgan fingerprint density at radius 1 is 0.952 bits per heavy atom. The molecule has 4 heterocycles. The van der Waals surface area contributed by atoms with Crippen LogP contribution in [-0.4, -0.2) is 72.6 Å². The average molecular weight is 614 g/mol. The quantitative estimate of drug-likeness (QED) is 0.341. The summed E-state index contributed by atoms with van der Waals surface area (Å²) in [6, 6.07) is 8.88. The van der Waals surface area contributed by atoms with E-state index in [0.717, 1.165) is 0 Å². The van der Waals surface area contributed by atoms with Crippen LogP contribution in [0.25, 0.3) is 11.2 Å². The van der Waals surface area contributed by atoms with Gasteiger partial charge in [0.05, 0.1) is 12.9 Å². The molecule has 0 spiro atoms. The molecular formula is C29H43N5O6Si2. The van der Waals surface area contributed by atoms with Gasteiger partial charge in [-0.05, 0) is 34.3 Å². The number of aromatic nitrogens is 4. The molecule has 0 aliphatic carbocycles. The van der Waals surface area contributed by atoms with Crippen LogP contribution in [-0.2, 0) is 17.7 Å². The first kappa shape index (κ1) is 30.9. The van der Waals surface area contributed by atoms with Crippen LogP contribution in [0.4, 0.5) is 5.82 Å². The molecule has 4 atom stereocenters. The SMILES string of the molecule is CC(C)[Si]1(C(C)C)OCC2OC(n3cnc4c(NC(=O)c5ccccc5)ncnc43)[C@H](O)[C@@H]2O[Si](C(C)C)(C(C)C)O1. The lowest BCUT2D eigenvalue weighted by atomic mass is 10.1. The van der Waals surface area contributed by atoms with Crippen molar-refractivity contribution in [1.29, 1.82) is 0 Å². The van der Waals surface area contributed by atoms with Crippen LogP contribution < -0.4 is 5.32 Å². The summed E-state index contributed by atoms with van der Waals surface area (Å²) in [5.74, 6) is -0.0345. The smallest absolute Gasteiger partial charge is 0.335 e. The van der Waals surface area contributed by atoms with Crippen LogP contribution in [0.15, 0.2) is 43.0 Å². The first-order valence-electron chi connectivity index (χ1n) is 14.8. The topological polar surface area (TPSA) is 130 Å². The number of benzene rings is 1. The highest BCUT2D eigenvalue weighted by molar-refractivity contribution is 6.84. The number of anilines is 1. The van der Waals surface area contributed by atoms with Crippen LogP contribution in [0.2, 0.25) is 22.2 Å². The number of hydrogen-bond donors (Lipinski definition) is 2. The van der Waals surface area contributed by atoms with Gasteiger partial charge < -0.3 is 28.1 Å². The lowest BCUT2D eigenvalue weighted by Gasteiger charge is -2.51. The van der Waals surface area contributed by atoms with E-state index in [4.69, 9.17) is 17.7 Å². The normalized spacial score (nSPS) is 25.6. The molecule has 2 aromatic heterocycles. The molecule has 0 radical (unpaired) electrons. The monoisotopic (exact) mass is 613 g/mol. The van der Waals surface area contributed by atoms with Gasteiger partial charge in [0.1, 0.15) is 24.6 Å². The summed E-state index contributed by atoms with van der Waals surface area (Å²) in [6.07, 6.45) is -0.125. The Labute approximate surface area is 249 Å². The summed E-state index contributed by atoms with van der Waals surface area (Å²) >= 11 is 0. The van der Waals surface area contributed by atoms with Crippen molar-refractivity contribution in [1.82, 2.24) is 19.5 Å². The second-order valence-electron chi connectivity index (χ2n) is 12.5. The van der Waals surface area contributed by atoms with Gasteiger partial charge >= 0.3 is 17.1 Å². The number of aliphatic hydroxyl groups excluding tert-OH is 1. The van der Waals surface area contributed by atoms with Gasteiger partial charge in [-0.1, -0.05) is 73.6 Å². The zero-order chi connectivity index (χ0) is 30.4. The van der Waals surface area contributed by atoms with Crippen LogP contribution >= 0.6 is 0 Å². The maximum Gasteiger partial charge on any atom is 0.335 e. The van der Waals surface area contributed by atoms with Crippen molar-refractivity contribution in [2.45, 2.75) is 102 Å². The molecule has 1 amide bonds. The standard InChI is InChI=1S/C29H43N5O6Si2/c1-17(2)41(18(3)4)37-14-22-25(39-42(40-41,19(5)6)20(7)8)24(35)29(38-22)34-16-32-23-26(30-15-31-27(23)34)33-28(36)21-12-10-9-11-13-21/h9-13,15-20,22,24-25,29,35H,14H2,1-8H3,(H,30,31,33,36)/t22?,24-,25-,29?/m1/s1. The number of fused-ring (bicyclic) bond motifs is 2. The van der Waals surface area contributed by atoms with Crippen LogP contribution in [0, 0.1) is 0 Å². The molecule has 42 heavy (non-hydrogen) atoms. The average Bonchev–Trinajstić information content (AvgIpc) is 3.49. The summed E-state index contributed by atoms with van der Waals surface area (Å²) in [6.45, 7) is 17.5. The van der Waals surface area contributed by atoms with Gasteiger partial charge in [-0.2, -0.15) is 0 Å². The maximum atomic E-state index is 12.8. The molecule has 11 nitrogen and oxygen atoms in total. The van der Waals surface area contributed by atoms with E-state index >= 15 is 0 Å². The van der Waals surface area contributed by atoms with Crippen molar-refractivity contribution >= 4 is 40.0 Å². The number of imidazole rings is 1. The Bertz CT molecular complexity index is 1390. The number of hydrogen-bond acceptors (Lipinski definition) is 9. The van der Waals surface area contributed by atoms with E-state index in [1.807, 2.05) is 6.07 Å². The van der Waals surface area contributed by atoms with Crippen LogP contribution in [0.3, 0.4) is 0 Å². The van der Waals surface area contributed by atoms with E-state index in [1.165, 1.54) is 6.33 Å². The minimum absolute atomic E-state index is 0.119. The van der Waals surface area contributed by atoms with Gasteiger partial charge in [-0.15, -0.1) is 0 Å². The lowest BCUT2D eigenvalue weighted by Crippen LogP contribution is -2.65. The third kappa shape index (κ3) is 5.25. The molecule has 2 N–H and O–H groups in total. The summed E-state index contributed by atoms with van der Waals surface area (Å²) in [5.41, 5.74) is 1.95. The second-order valence-corrected chi connectivity index (χ2v) is 21.3. The van der Waals surface area contributed by atoms with E-state index in [-0.39, 0.29) is 40.5 Å². The largest absolute Gasteiger partial charge is 0.414 e. The molecule has 5 rings (SSSR count).